The highest BCUT2D eigenvalue weighted by atomic mass is 35.5. The molecule has 1 N–H and O–H groups in total. The van der Waals surface area contributed by atoms with Gasteiger partial charge >= 0.3 is 0 Å². The average molecular weight is 372 g/mol. The first-order valence-corrected chi connectivity index (χ1v) is 8.07. The minimum Gasteiger partial charge on any atom is -0.356 e. The summed E-state index contributed by atoms with van der Waals surface area (Å²) in [5, 5.41) is 18.2. The van der Waals surface area contributed by atoms with E-state index in [0.29, 0.717) is 22.0 Å². The number of nitrogens with zero attached hydrogens (tertiary/aromatic N) is 2. The second kappa shape index (κ2) is 7.37. The Kier molecular flexibility index (Phi) is 4.99. The van der Waals surface area contributed by atoms with Crippen molar-refractivity contribution < 1.29 is 14.2 Å². The van der Waals surface area contributed by atoms with Crippen LogP contribution in [0.2, 0.25) is 5.02 Å². The largest absolute Gasteiger partial charge is 0.356 e. The molecule has 0 saturated heterocycles. The molecule has 0 atom stereocenters. The number of rotatable bonds is 5. The fourth-order valence-corrected chi connectivity index (χ4v) is 2.60. The molecule has 0 aliphatic heterocycles. The molecule has 0 saturated carbocycles. The van der Waals surface area contributed by atoms with Crippen molar-refractivity contribution in [3.05, 3.63) is 80.5 Å². The van der Waals surface area contributed by atoms with E-state index in [2.05, 4.69) is 10.5 Å². The summed E-state index contributed by atoms with van der Waals surface area (Å²) in [7, 11) is 0. The first-order chi connectivity index (χ1) is 12.5. The average Bonchev–Trinajstić information content (AvgIpc) is 3.09. The number of aromatic nitrogens is 1. The van der Waals surface area contributed by atoms with E-state index in [1.165, 1.54) is 12.1 Å². The van der Waals surface area contributed by atoms with Crippen LogP contribution >= 0.6 is 11.6 Å². The molecule has 0 unspecified atom stereocenters. The summed E-state index contributed by atoms with van der Waals surface area (Å²) >= 11 is 5.85. The molecule has 3 rings (SSSR count). The number of nitro groups is 1. The number of halogens is 1. The van der Waals surface area contributed by atoms with Gasteiger partial charge in [0.15, 0.2) is 5.76 Å². The van der Waals surface area contributed by atoms with E-state index >= 15 is 0 Å². The monoisotopic (exact) mass is 371 g/mol. The van der Waals surface area contributed by atoms with Crippen LogP contribution in [0.3, 0.4) is 0 Å². The molecule has 1 amide bonds. The molecule has 132 valence electrons. The molecule has 0 radical (unpaired) electrons. The van der Waals surface area contributed by atoms with Gasteiger partial charge in [-0.1, -0.05) is 22.8 Å². The highest BCUT2D eigenvalue weighted by molar-refractivity contribution is 6.30. The molecular formula is C18H14ClN3O4. The van der Waals surface area contributed by atoms with E-state index in [1.807, 2.05) is 0 Å². The number of benzene rings is 2. The van der Waals surface area contributed by atoms with Crippen LogP contribution in [-0.4, -0.2) is 16.0 Å². The Bertz CT molecular complexity index is 967. The zero-order valence-corrected chi connectivity index (χ0v) is 14.5. The minimum absolute atomic E-state index is 0.0934. The fourth-order valence-electron chi connectivity index (χ4n) is 2.48. The van der Waals surface area contributed by atoms with Gasteiger partial charge in [-0.05, 0) is 37.3 Å². The Labute approximate surface area is 153 Å². The minimum atomic E-state index is -0.512. The van der Waals surface area contributed by atoms with Gasteiger partial charge in [-0.3, -0.25) is 14.9 Å². The fraction of sp³-hybridized carbons (Fsp3) is 0.111. The molecule has 26 heavy (non-hydrogen) atoms. The third-order valence-electron chi connectivity index (χ3n) is 3.86. The molecule has 2 aromatic carbocycles. The molecule has 0 bridgehead atoms. The van der Waals surface area contributed by atoms with Gasteiger partial charge in [-0.25, -0.2) is 0 Å². The molecule has 3 aromatic rings. The smallest absolute Gasteiger partial charge is 0.273 e. The van der Waals surface area contributed by atoms with Gasteiger partial charge in [0.1, 0.15) is 5.69 Å². The van der Waals surface area contributed by atoms with Crippen molar-refractivity contribution in [2.75, 3.05) is 0 Å². The molecular weight excluding hydrogens is 358 g/mol. The van der Waals surface area contributed by atoms with E-state index < -0.39 is 10.8 Å². The molecule has 0 aliphatic rings. The van der Waals surface area contributed by atoms with Crippen molar-refractivity contribution in [1.82, 2.24) is 10.5 Å². The molecule has 8 heteroatoms. The topological polar surface area (TPSA) is 98.3 Å². The lowest BCUT2D eigenvalue weighted by atomic mass is 10.1. The normalized spacial score (nSPS) is 10.5. The molecule has 0 fully saturated rings. The first-order valence-electron chi connectivity index (χ1n) is 7.69. The van der Waals surface area contributed by atoms with E-state index in [4.69, 9.17) is 16.1 Å². The van der Waals surface area contributed by atoms with Crippen LogP contribution in [0.5, 0.6) is 0 Å². The zero-order chi connectivity index (χ0) is 18.7. The number of carbonyl (C=O) groups excluding carboxylic acids is 1. The van der Waals surface area contributed by atoms with Crippen LogP contribution in [0, 0.1) is 17.0 Å². The van der Waals surface area contributed by atoms with Crippen LogP contribution < -0.4 is 5.32 Å². The molecule has 0 spiro atoms. The SMILES string of the molecule is Cc1c(C(=O)NCc2cc(-c3ccc(Cl)cc3)on2)cccc1[N+](=O)[O-]. The van der Waals surface area contributed by atoms with Gasteiger partial charge in [-0.2, -0.15) is 0 Å². The maximum absolute atomic E-state index is 12.3. The van der Waals surface area contributed by atoms with E-state index in [9.17, 15) is 14.9 Å². The van der Waals surface area contributed by atoms with Crippen LogP contribution in [0.15, 0.2) is 53.1 Å². The van der Waals surface area contributed by atoms with Crippen molar-refractivity contribution in [2.24, 2.45) is 0 Å². The highest BCUT2D eigenvalue weighted by Gasteiger charge is 2.18. The van der Waals surface area contributed by atoms with Crippen LogP contribution in [0.4, 0.5) is 5.69 Å². The first kappa shape index (κ1) is 17.6. The zero-order valence-electron chi connectivity index (χ0n) is 13.7. The van der Waals surface area contributed by atoms with E-state index in [-0.39, 0.29) is 17.8 Å². The van der Waals surface area contributed by atoms with Crippen LogP contribution in [0.25, 0.3) is 11.3 Å². The number of nitrogens with one attached hydrogen (secondary N) is 1. The van der Waals surface area contributed by atoms with Gasteiger partial charge in [0, 0.05) is 33.8 Å². The lowest BCUT2D eigenvalue weighted by Gasteiger charge is -2.06. The Hall–Kier alpha value is -3.19. The lowest BCUT2D eigenvalue weighted by molar-refractivity contribution is -0.385. The molecule has 1 aromatic heterocycles. The summed E-state index contributed by atoms with van der Waals surface area (Å²) in [6, 6.07) is 13.2. The summed E-state index contributed by atoms with van der Waals surface area (Å²) in [5.41, 5.74) is 1.82. The number of hydrogen-bond donors (Lipinski definition) is 1. The maximum Gasteiger partial charge on any atom is 0.273 e. The predicted octanol–water partition coefficient (Wildman–Crippen LogP) is 4.14. The Morgan fingerprint density at radius 2 is 2.00 bits per heavy atom. The van der Waals surface area contributed by atoms with Gasteiger partial charge in [0.25, 0.3) is 11.6 Å². The van der Waals surface area contributed by atoms with Gasteiger partial charge < -0.3 is 9.84 Å². The third kappa shape index (κ3) is 3.73. The summed E-state index contributed by atoms with van der Waals surface area (Å²) in [4.78, 5) is 22.8. The Morgan fingerprint density at radius 3 is 2.69 bits per heavy atom. The van der Waals surface area contributed by atoms with Crippen molar-refractivity contribution in [1.29, 1.82) is 0 Å². The third-order valence-corrected chi connectivity index (χ3v) is 4.12. The van der Waals surface area contributed by atoms with E-state index in [1.54, 1.807) is 43.3 Å². The molecule has 7 nitrogen and oxygen atoms in total. The lowest BCUT2D eigenvalue weighted by Crippen LogP contribution is -2.24. The van der Waals surface area contributed by atoms with Gasteiger partial charge in [0.05, 0.1) is 11.5 Å². The van der Waals surface area contributed by atoms with Crippen molar-refractivity contribution in [3.8, 4) is 11.3 Å². The van der Waals surface area contributed by atoms with E-state index in [0.717, 1.165) is 5.56 Å². The van der Waals surface area contributed by atoms with Gasteiger partial charge in [0.2, 0.25) is 0 Å². The van der Waals surface area contributed by atoms with Crippen molar-refractivity contribution in [2.45, 2.75) is 13.5 Å². The Balaban J connectivity index is 1.70. The summed E-state index contributed by atoms with van der Waals surface area (Å²) < 4.78 is 5.27. The van der Waals surface area contributed by atoms with Crippen molar-refractivity contribution in [3.63, 3.8) is 0 Å². The van der Waals surface area contributed by atoms with Gasteiger partial charge in [-0.15, -0.1) is 0 Å². The highest BCUT2D eigenvalue weighted by Crippen LogP contribution is 2.23. The number of carbonyl (C=O) groups is 1. The number of hydrogen-bond acceptors (Lipinski definition) is 5. The number of amides is 1. The second-order valence-electron chi connectivity index (χ2n) is 5.58. The predicted molar refractivity (Wildman–Crippen MR) is 96.0 cm³/mol. The van der Waals surface area contributed by atoms with Crippen molar-refractivity contribution >= 4 is 23.2 Å². The standard InChI is InChI=1S/C18H14ClN3O4/c1-11-15(3-2-4-16(11)22(24)25)18(23)20-10-14-9-17(26-21-14)12-5-7-13(19)8-6-12/h2-9H,10H2,1H3,(H,20,23). The molecule has 1 heterocycles. The molecule has 0 aliphatic carbocycles. The summed E-state index contributed by atoms with van der Waals surface area (Å²) in [5.74, 6) is 0.139. The van der Waals surface area contributed by atoms with Crippen LogP contribution in [0.1, 0.15) is 21.6 Å². The number of nitro benzene ring substituents is 1. The Morgan fingerprint density at radius 1 is 1.27 bits per heavy atom. The maximum atomic E-state index is 12.3. The quantitative estimate of drug-likeness (QED) is 0.536. The van der Waals surface area contributed by atoms with Crippen LogP contribution in [-0.2, 0) is 6.54 Å². The second-order valence-corrected chi connectivity index (χ2v) is 6.02. The summed E-state index contributed by atoms with van der Waals surface area (Å²) in [6.07, 6.45) is 0. The summed E-state index contributed by atoms with van der Waals surface area (Å²) in [6.45, 7) is 1.68.